The van der Waals surface area contributed by atoms with Crippen LogP contribution in [0.3, 0.4) is 0 Å². The number of nitrogens with zero attached hydrogens (tertiary/aromatic N) is 1. The normalized spacial score (nSPS) is 19.5. The molecule has 0 amide bonds. The molecule has 1 fully saturated rings. The zero-order valence-corrected chi connectivity index (χ0v) is 13.5. The van der Waals surface area contributed by atoms with Crippen LogP contribution in [0.25, 0.3) is 0 Å². The Morgan fingerprint density at radius 2 is 2.43 bits per heavy atom. The zero-order valence-electron chi connectivity index (χ0n) is 12.6. The van der Waals surface area contributed by atoms with Crippen molar-refractivity contribution >= 4 is 17.3 Å². The van der Waals surface area contributed by atoms with Crippen LogP contribution >= 0.6 is 11.3 Å². The van der Waals surface area contributed by atoms with E-state index in [2.05, 4.69) is 33.1 Å². The van der Waals surface area contributed by atoms with Crippen LogP contribution in [-0.4, -0.2) is 45.5 Å². The van der Waals surface area contributed by atoms with Gasteiger partial charge in [0.2, 0.25) is 0 Å². The number of ether oxygens (including phenoxy) is 2. The molecule has 0 bridgehead atoms. The molecule has 118 valence electrons. The average Bonchev–Trinajstić information content (AvgIpc) is 3.04. The number of rotatable bonds is 7. The lowest BCUT2D eigenvalue weighted by atomic mass is 10.1. The molecular formula is C15H25N3O2S. The minimum absolute atomic E-state index is 0.301. The molecule has 0 saturated carbocycles. The Morgan fingerprint density at radius 1 is 1.48 bits per heavy atom. The number of hydrogen-bond donors (Lipinski definition) is 2. The number of guanidine groups is 1. The van der Waals surface area contributed by atoms with Crippen LogP contribution < -0.4 is 10.6 Å². The van der Waals surface area contributed by atoms with Crippen molar-refractivity contribution in [1.82, 2.24) is 10.6 Å². The first-order valence-corrected chi connectivity index (χ1v) is 8.41. The van der Waals surface area contributed by atoms with Crippen molar-refractivity contribution in [3.05, 3.63) is 22.4 Å². The first kappa shape index (κ1) is 16.3. The van der Waals surface area contributed by atoms with E-state index in [4.69, 9.17) is 9.47 Å². The lowest BCUT2D eigenvalue weighted by Crippen LogP contribution is -2.43. The minimum atomic E-state index is 0.301. The fraction of sp³-hybridized carbons (Fsp3) is 0.667. The second-order valence-corrected chi connectivity index (χ2v) is 6.07. The lowest BCUT2D eigenvalue weighted by Gasteiger charge is -2.23. The Kier molecular flexibility index (Phi) is 7.56. The van der Waals surface area contributed by atoms with E-state index in [0.717, 1.165) is 32.1 Å². The van der Waals surface area contributed by atoms with Crippen LogP contribution in [0.15, 0.2) is 22.5 Å². The van der Waals surface area contributed by atoms with Crippen molar-refractivity contribution in [2.75, 3.05) is 33.4 Å². The molecule has 6 heteroatoms. The third kappa shape index (κ3) is 6.46. The van der Waals surface area contributed by atoms with Crippen LogP contribution in [0.1, 0.15) is 24.1 Å². The monoisotopic (exact) mass is 311 g/mol. The molecular weight excluding hydrogens is 286 g/mol. The number of methoxy groups -OCH3 is 1. The Bertz CT molecular complexity index is 403. The molecule has 0 radical (unpaired) electrons. The van der Waals surface area contributed by atoms with Crippen molar-refractivity contribution in [3.63, 3.8) is 0 Å². The fourth-order valence-electron chi connectivity index (χ4n) is 2.18. The second-order valence-electron chi connectivity index (χ2n) is 5.03. The molecule has 0 spiro atoms. The topological polar surface area (TPSA) is 54.9 Å². The summed E-state index contributed by atoms with van der Waals surface area (Å²) in [4.78, 5) is 5.88. The predicted octanol–water partition coefficient (Wildman–Crippen LogP) is 2.00. The maximum atomic E-state index is 5.74. The van der Waals surface area contributed by atoms with Crippen LogP contribution in [0.5, 0.6) is 0 Å². The fourth-order valence-corrected chi connectivity index (χ4v) is 2.81. The molecule has 1 aromatic heterocycles. The highest BCUT2D eigenvalue weighted by molar-refractivity contribution is 7.09. The summed E-state index contributed by atoms with van der Waals surface area (Å²) in [5.74, 6) is 0.828. The van der Waals surface area contributed by atoms with Crippen LogP contribution in [0.4, 0.5) is 0 Å². The highest BCUT2D eigenvalue weighted by Crippen LogP contribution is 2.12. The van der Waals surface area contributed by atoms with Crippen molar-refractivity contribution in [1.29, 1.82) is 0 Å². The van der Waals surface area contributed by atoms with E-state index in [1.165, 1.54) is 17.7 Å². The van der Waals surface area contributed by atoms with Crippen LogP contribution in [0.2, 0.25) is 0 Å². The van der Waals surface area contributed by atoms with E-state index in [0.29, 0.717) is 19.3 Å². The molecule has 2 rings (SSSR count). The van der Waals surface area contributed by atoms with E-state index in [-0.39, 0.29) is 0 Å². The summed E-state index contributed by atoms with van der Waals surface area (Å²) in [5, 5.41) is 8.73. The Morgan fingerprint density at radius 3 is 3.14 bits per heavy atom. The van der Waals surface area contributed by atoms with Crippen molar-refractivity contribution in [2.45, 2.75) is 31.9 Å². The summed E-state index contributed by atoms with van der Waals surface area (Å²) in [6.45, 7) is 3.80. The van der Waals surface area contributed by atoms with Gasteiger partial charge in [0, 0.05) is 31.7 Å². The van der Waals surface area contributed by atoms with E-state index >= 15 is 0 Å². The Hall–Kier alpha value is -1.11. The minimum Gasteiger partial charge on any atom is -0.383 e. The van der Waals surface area contributed by atoms with Gasteiger partial charge in [-0.1, -0.05) is 6.07 Å². The highest BCUT2D eigenvalue weighted by Gasteiger charge is 2.13. The molecule has 0 aliphatic carbocycles. The number of hydrogen-bond acceptors (Lipinski definition) is 4. The van der Waals surface area contributed by atoms with E-state index < -0.39 is 0 Å². The molecule has 2 heterocycles. The summed E-state index contributed by atoms with van der Waals surface area (Å²) in [6.07, 6.45) is 3.87. The van der Waals surface area contributed by atoms with Gasteiger partial charge in [0.15, 0.2) is 5.96 Å². The number of nitrogens with one attached hydrogen (secondary N) is 2. The molecule has 1 saturated heterocycles. The third-order valence-corrected chi connectivity index (χ3v) is 4.20. The quantitative estimate of drug-likeness (QED) is 0.459. The predicted molar refractivity (Wildman–Crippen MR) is 86.9 cm³/mol. The number of thiophene rings is 1. The van der Waals surface area contributed by atoms with Crippen LogP contribution in [-0.2, 0) is 16.0 Å². The van der Waals surface area contributed by atoms with Gasteiger partial charge in [-0.3, -0.25) is 0 Å². The summed E-state index contributed by atoms with van der Waals surface area (Å²) < 4.78 is 10.8. The molecule has 1 aromatic rings. The third-order valence-electron chi connectivity index (χ3n) is 3.34. The average molecular weight is 311 g/mol. The van der Waals surface area contributed by atoms with Gasteiger partial charge in [0.25, 0.3) is 0 Å². The van der Waals surface area contributed by atoms with Crippen molar-refractivity contribution in [2.24, 2.45) is 4.99 Å². The van der Waals surface area contributed by atoms with Gasteiger partial charge in [-0.15, -0.1) is 11.3 Å². The van der Waals surface area contributed by atoms with Gasteiger partial charge in [-0.2, -0.15) is 0 Å². The molecule has 21 heavy (non-hydrogen) atoms. The Labute approximate surface area is 130 Å². The van der Waals surface area contributed by atoms with Gasteiger partial charge in [0.05, 0.1) is 19.3 Å². The molecule has 0 aromatic carbocycles. The van der Waals surface area contributed by atoms with Gasteiger partial charge < -0.3 is 20.1 Å². The number of aliphatic imine (C=N–C) groups is 1. The zero-order chi connectivity index (χ0) is 14.8. The summed E-state index contributed by atoms with van der Waals surface area (Å²) in [5.41, 5.74) is 0. The van der Waals surface area contributed by atoms with Crippen molar-refractivity contribution in [3.8, 4) is 0 Å². The molecule has 1 atom stereocenters. The van der Waals surface area contributed by atoms with Crippen LogP contribution in [0, 0.1) is 0 Å². The summed E-state index contributed by atoms with van der Waals surface area (Å²) in [6, 6.07) is 4.15. The summed E-state index contributed by atoms with van der Waals surface area (Å²) in [7, 11) is 1.70. The SMILES string of the molecule is COCCNC(=NCc1cccs1)NC[C@@H]1CCCCO1. The largest absolute Gasteiger partial charge is 0.383 e. The molecule has 1 aliphatic rings. The standard InChI is InChI=1S/C15H25N3O2S/c1-19-9-7-16-15(18-12-14-6-4-10-21-14)17-11-13-5-2-3-8-20-13/h4,6,10,13H,2-3,5,7-9,11-12H2,1H3,(H2,16,17,18)/t13-/m0/s1. The van der Waals surface area contributed by atoms with E-state index in [1.54, 1.807) is 18.4 Å². The van der Waals surface area contributed by atoms with Crippen molar-refractivity contribution < 1.29 is 9.47 Å². The summed E-state index contributed by atoms with van der Waals surface area (Å²) >= 11 is 1.73. The maximum Gasteiger partial charge on any atom is 0.191 e. The molecule has 5 nitrogen and oxygen atoms in total. The van der Waals surface area contributed by atoms with Gasteiger partial charge in [-0.05, 0) is 30.7 Å². The second kappa shape index (κ2) is 9.76. The maximum absolute atomic E-state index is 5.74. The smallest absolute Gasteiger partial charge is 0.191 e. The Balaban J connectivity index is 1.80. The van der Waals surface area contributed by atoms with Gasteiger partial charge >= 0.3 is 0 Å². The first-order chi connectivity index (χ1) is 10.4. The first-order valence-electron chi connectivity index (χ1n) is 7.53. The lowest BCUT2D eigenvalue weighted by molar-refractivity contribution is 0.0194. The van der Waals surface area contributed by atoms with E-state index in [9.17, 15) is 0 Å². The van der Waals surface area contributed by atoms with Gasteiger partial charge in [-0.25, -0.2) is 4.99 Å². The molecule has 1 aliphatic heterocycles. The van der Waals surface area contributed by atoms with E-state index in [1.807, 2.05) is 0 Å². The van der Waals surface area contributed by atoms with Gasteiger partial charge in [0.1, 0.15) is 0 Å². The molecule has 0 unspecified atom stereocenters. The molecule has 2 N–H and O–H groups in total. The highest BCUT2D eigenvalue weighted by atomic mass is 32.1.